The van der Waals surface area contributed by atoms with E-state index in [-0.39, 0.29) is 17.0 Å². The van der Waals surface area contributed by atoms with Gasteiger partial charge >= 0.3 is 0 Å². The lowest BCUT2D eigenvalue weighted by Gasteiger charge is -2.27. The van der Waals surface area contributed by atoms with Crippen LogP contribution in [0.3, 0.4) is 0 Å². The van der Waals surface area contributed by atoms with E-state index in [9.17, 15) is 4.91 Å². The first-order valence-electron chi connectivity index (χ1n) is 8.87. The Labute approximate surface area is 177 Å². The van der Waals surface area contributed by atoms with E-state index >= 15 is 0 Å². The molecule has 0 fully saturated rings. The Hall–Kier alpha value is -1.48. The van der Waals surface area contributed by atoms with Crippen LogP contribution in [0.4, 0.5) is 0 Å². The van der Waals surface area contributed by atoms with Crippen molar-refractivity contribution in [3.8, 4) is 0 Å². The first-order chi connectivity index (χ1) is 12.9. The highest BCUT2D eigenvalue weighted by molar-refractivity contribution is 7.97. The van der Waals surface area contributed by atoms with Crippen LogP contribution in [0, 0.1) is 4.91 Å². The Balaban J connectivity index is 0.00000261. The van der Waals surface area contributed by atoms with Crippen molar-refractivity contribution in [2.24, 2.45) is 4.58 Å². The van der Waals surface area contributed by atoms with Crippen LogP contribution in [0.1, 0.15) is 12.8 Å². The van der Waals surface area contributed by atoms with Crippen LogP contribution in [0.2, 0.25) is 0 Å². The van der Waals surface area contributed by atoms with Crippen molar-refractivity contribution >= 4 is 35.1 Å². The zero-order valence-corrected chi connectivity index (χ0v) is 18.4. The number of halogens is 1. The zero-order chi connectivity index (χ0) is 18.1. The summed E-state index contributed by atoms with van der Waals surface area (Å²) in [7, 11) is -1.72. The average Bonchev–Trinajstić information content (AvgIpc) is 2.73. The maximum Gasteiger partial charge on any atom is 0.112 e. The van der Waals surface area contributed by atoms with E-state index in [0.29, 0.717) is 0 Å². The molecule has 27 heavy (non-hydrogen) atoms. The van der Waals surface area contributed by atoms with E-state index < -0.39 is 7.26 Å². The molecule has 0 unspecified atom stereocenters. The largest absolute Gasteiger partial charge is 1.00 e. The van der Waals surface area contributed by atoms with Crippen LogP contribution in [-0.2, 0) is 0 Å². The lowest BCUT2D eigenvalue weighted by atomic mass is 10.3. The summed E-state index contributed by atoms with van der Waals surface area (Å²) in [6.07, 6.45) is 3.18. The van der Waals surface area contributed by atoms with E-state index in [1.165, 1.54) is 15.9 Å². The number of hydrogen-bond acceptors (Lipinski definition) is 3. The third-order valence-corrected chi connectivity index (χ3v) is 9.73. The summed E-state index contributed by atoms with van der Waals surface area (Å²) in [5, 5.41) is 4.25. The van der Waals surface area contributed by atoms with E-state index in [1.807, 2.05) is 0 Å². The molecule has 0 heterocycles. The molecule has 3 aromatic carbocycles. The number of nitroso groups, excluding NO2 is 1. The van der Waals surface area contributed by atoms with Crippen LogP contribution < -0.4 is 32.9 Å². The first-order valence-corrected chi connectivity index (χ1v) is 11.8. The highest BCUT2D eigenvalue weighted by Crippen LogP contribution is 2.55. The monoisotopic (exact) mass is 459 g/mol. The SMILES string of the molecule is O=NSCCCC[P+](c1ccccc1)(c1ccccc1)c1ccccc1.[Br-]. The molecule has 0 N–H and O–H groups in total. The maximum atomic E-state index is 10.3. The Morgan fingerprint density at radius 1 is 0.667 bits per heavy atom. The summed E-state index contributed by atoms with van der Waals surface area (Å²) in [6.45, 7) is 0. The molecule has 0 atom stereocenters. The molecule has 0 radical (unpaired) electrons. The van der Waals surface area contributed by atoms with E-state index in [4.69, 9.17) is 0 Å². The van der Waals surface area contributed by atoms with Crippen LogP contribution in [0.25, 0.3) is 0 Å². The van der Waals surface area contributed by atoms with Gasteiger partial charge in [-0.1, -0.05) is 54.6 Å². The molecule has 2 nitrogen and oxygen atoms in total. The molecule has 0 aromatic heterocycles. The lowest BCUT2D eigenvalue weighted by Crippen LogP contribution is -3.00. The zero-order valence-electron chi connectivity index (χ0n) is 15.1. The molecule has 0 aliphatic carbocycles. The van der Waals surface area contributed by atoms with Gasteiger partial charge < -0.3 is 17.0 Å². The second-order valence-electron chi connectivity index (χ2n) is 6.15. The van der Waals surface area contributed by atoms with Gasteiger partial charge in [-0.2, -0.15) is 0 Å². The van der Waals surface area contributed by atoms with Crippen LogP contribution in [0.15, 0.2) is 95.6 Å². The van der Waals surface area contributed by atoms with Crippen molar-refractivity contribution in [2.75, 3.05) is 11.9 Å². The fourth-order valence-corrected chi connectivity index (χ4v) is 8.25. The van der Waals surface area contributed by atoms with Gasteiger partial charge in [-0.15, -0.1) is 4.91 Å². The minimum absolute atomic E-state index is 0. The smallest absolute Gasteiger partial charge is 0.112 e. The van der Waals surface area contributed by atoms with Gasteiger partial charge in [0.25, 0.3) is 0 Å². The molecule has 0 amide bonds. The summed E-state index contributed by atoms with van der Waals surface area (Å²) < 4.78 is 2.92. The van der Waals surface area contributed by atoms with Gasteiger partial charge in [0.2, 0.25) is 0 Å². The Morgan fingerprint density at radius 2 is 1.07 bits per heavy atom. The van der Waals surface area contributed by atoms with Crippen molar-refractivity contribution in [2.45, 2.75) is 12.8 Å². The standard InChI is InChI=1S/C22H23NOPS.BrH/c24-23-26-19-11-10-18-25(20-12-4-1-5-13-20,21-14-6-2-7-15-21)22-16-8-3-9-17-22;/h1-9,12-17H,10-11,18-19H2;1H/q+1;/p-1. The van der Waals surface area contributed by atoms with Crippen molar-refractivity contribution in [3.63, 3.8) is 0 Å². The molecule has 0 bridgehead atoms. The lowest BCUT2D eigenvalue weighted by molar-refractivity contribution is -0.00000511. The van der Waals surface area contributed by atoms with E-state index in [0.717, 1.165) is 36.7 Å². The van der Waals surface area contributed by atoms with Gasteiger partial charge in [0.15, 0.2) is 0 Å². The Kier molecular flexibility index (Phi) is 9.20. The van der Waals surface area contributed by atoms with E-state index in [2.05, 4.69) is 95.6 Å². The summed E-state index contributed by atoms with van der Waals surface area (Å²) in [5.41, 5.74) is 0. The molecule has 0 saturated carbocycles. The predicted molar refractivity (Wildman–Crippen MR) is 118 cm³/mol. The maximum absolute atomic E-state index is 10.3. The summed E-state index contributed by atoms with van der Waals surface area (Å²) in [4.78, 5) is 10.3. The fraction of sp³-hybridized carbons (Fsp3) is 0.182. The molecular weight excluding hydrogens is 437 g/mol. The molecule has 3 aromatic rings. The molecule has 140 valence electrons. The second kappa shape index (κ2) is 11.4. The summed E-state index contributed by atoms with van der Waals surface area (Å²) >= 11 is 1.13. The van der Waals surface area contributed by atoms with Gasteiger partial charge in [-0.25, -0.2) is 0 Å². The van der Waals surface area contributed by atoms with E-state index in [1.54, 1.807) is 0 Å². The number of hydrogen-bond donors (Lipinski definition) is 0. The number of benzene rings is 3. The quantitative estimate of drug-likeness (QED) is 0.212. The van der Waals surface area contributed by atoms with Crippen LogP contribution >= 0.6 is 19.2 Å². The normalized spacial score (nSPS) is 10.8. The molecule has 0 saturated heterocycles. The molecule has 0 aliphatic rings. The third kappa shape index (κ3) is 5.28. The first kappa shape index (κ1) is 21.8. The van der Waals surface area contributed by atoms with Crippen molar-refractivity contribution in [1.29, 1.82) is 0 Å². The second-order valence-corrected chi connectivity index (χ2v) is 10.6. The highest BCUT2D eigenvalue weighted by atomic mass is 79.9. The van der Waals surface area contributed by atoms with Gasteiger partial charge in [0.05, 0.1) is 6.16 Å². The van der Waals surface area contributed by atoms with Gasteiger partial charge in [0.1, 0.15) is 23.2 Å². The topological polar surface area (TPSA) is 29.4 Å². The molecular formula is C22H23BrNOPS. The number of rotatable bonds is 9. The molecule has 5 heteroatoms. The van der Waals surface area contributed by atoms with Crippen LogP contribution in [0.5, 0.6) is 0 Å². The minimum Gasteiger partial charge on any atom is -1.00 e. The average molecular weight is 460 g/mol. The highest BCUT2D eigenvalue weighted by Gasteiger charge is 2.44. The van der Waals surface area contributed by atoms with Crippen LogP contribution in [-0.4, -0.2) is 11.9 Å². The van der Waals surface area contributed by atoms with Crippen molar-refractivity contribution < 1.29 is 17.0 Å². The van der Waals surface area contributed by atoms with Crippen molar-refractivity contribution in [3.05, 3.63) is 95.9 Å². The Bertz CT molecular complexity index is 706. The fourth-order valence-electron chi connectivity index (χ4n) is 3.43. The predicted octanol–water partition coefficient (Wildman–Crippen LogP) is 2.18. The third-order valence-electron chi connectivity index (χ3n) is 4.62. The number of unbranched alkanes of at least 4 members (excludes halogenated alkanes) is 1. The summed E-state index contributed by atoms with van der Waals surface area (Å²) in [6, 6.07) is 32.7. The summed E-state index contributed by atoms with van der Waals surface area (Å²) in [5.74, 6) is 0.794. The molecule has 0 aliphatic heterocycles. The Morgan fingerprint density at radius 3 is 1.44 bits per heavy atom. The molecule has 3 rings (SSSR count). The van der Waals surface area contributed by atoms with Crippen molar-refractivity contribution in [1.82, 2.24) is 0 Å². The van der Waals surface area contributed by atoms with Gasteiger partial charge in [-0.05, 0) is 49.2 Å². The minimum atomic E-state index is -1.72. The van der Waals surface area contributed by atoms with Gasteiger partial charge in [-0.3, -0.25) is 0 Å². The van der Waals surface area contributed by atoms with Gasteiger partial charge in [0, 0.05) is 22.3 Å². The number of nitrogens with zero attached hydrogens (tertiary/aromatic N) is 1. The molecule has 0 spiro atoms.